The molecule has 6 rings (SSSR count). The maximum Gasteiger partial charge on any atom is 0.351 e. The van der Waals surface area contributed by atoms with Crippen molar-refractivity contribution in [3.05, 3.63) is 154 Å². The third kappa shape index (κ3) is 8.06. The van der Waals surface area contributed by atoms with Crippen molar-refractivity contribution in [1.82, 2.24) is 9.55 Å². The molecular weight excluding hydrogens is 679 g/mol. The van der Waals surface area contributed by atoms with E-state index >= 15 is 0 Å². The van der Waals surface area contributed by atoms with Crippen molar-refractivity contribution in [3.8, 4) is 23.3 Å². The second-order valence-electron chi connectivity index (χ2n) is 12.0. The van der Waals surface area contributed by atoms with Gasteiger partial charge >= 0.3 is 5.69 Å². The van der Waals surface area contributed by atoms with Gasteiger partial charge < -0.3 is 29.8 Å². The summed E-state index contributed by atoms with van der Waals surface area (Å²) in [7, 11) is 3.23. The minimum atomic E-state index is -1.12. The van der Waals surface area contributed by atoms with Crippen LogP contribution in [0.5, 0.6) is 11.5 Å². The number of hydrogen-bond donors (Lipinski definition) is 2. The lowest BCUT2D eigenvalue weighted by Gasteiger charge is -2.37. The minimum Gasteiger partial charge on any atom is -0.497 e. The highest BCUT2D eigenvalue weighted by Crippen LogP contribution is 2.42. The molecule has 11 heteroatoms. The molecule has 3 atom stereocenters. The monoisotopic (exact) mass is 717 g/mol. The molecule has 4 aromatic carbocycles. The highest BCUT2D eigenvalue weighted by Gasteiger charge is 2.42. The molecule has 0 saturated carbocycles. The number of aromatic nitrogens is 2. The highest BCUT2D eigenvalue weighted by molar-refractivity contribution is 8.14. The molecule has 52 heavy (non-hydrogen) atoms. The van der Waals surface area contributed by atoms with Crippen molar-refractivity contribution in [2.75, 3.05) is 32.3 Å². The SMILES string of the molecule is COc1ccc(C(OC[C@H]2O[C@@H](n3cc(C#CCCSC(=O)c4ccccc4)c(N)nc3=O)C[C@@H]2O)(c2ccccc2)c2ccc(OC)cc2)cc1. The van der Waals surface area contributed by atoms with Gasteiger partial charge in [0.15, 0.2) is 0 Å². The first-order valence-corrected chi connectivity index (χ1v) is 17.7. The number of carbonyl (C=O) groups excluding carboxylic acids is 1. The van der Waals surface area contributed by atoms with Crippen LogP contribution in [0.25, 0.3) is 0 Å². The molecule has 5 aromatic rings. The van der Waals surface area contributed by atoms with Gasteiger partial charge in [0.2, 0.25) is 5.12 Å². The van der Waals surface area contributed by atoms with Gasteiger partial charge in [0.1, 0.15) is 35.2 Å². The van der Waals surface area contributed by atoms with Crippen molar-refractivity contribution in [2.45, 2.75) is 36.9 Å². The Morgan fingerprint density at radius 3 is 2.10 bits per heavy atom. The number of nitrogens with two attached hydrogens (primary N) is 1. The Morgan fingerprint density at radius 1 is 0.923 bits per heavy atom. The number of aliphatic hydroxyl groups is 1. The van der Waals surface area contributed by atoms with Gasteiger partial charge in [-0.3, -0.25) is 9.36 Å². The second-order valence-corrected chi connectivity index (χ2v) is 13.1. The van der Waals surface area contributed by atoms with E-state index in [9.17, 15) is 14.7 Å². The van der Waals surface area contributed by atoms with Crippen LogP contribution >= 0.6 is 11.8 Å². The largest absolute Gasteiger partial charge is 0.497 e. The van der Waals surface area contributed by atoms with E-state index in [1.54, 1.807) is 26.4 Å². The summed E-state index contributed by atoms with van der Waals surface area (Å²) in [5, 5.41) is 11.2. The Hall–Kier alpha value is -5.38. The lowest BCUT2D eigenvalue weighted by molar-refractivity contribution is -0.0944. The van der Waals surface area contributed by atoms with Crippen LogP contribution < -0.4 is 20.9 Å². The molecule has 1 saturated heterocycles. The van der Waals surface area contributed by atoms with E-state index in [1.807, 2.05) is 97.1 Å². The van der Waals surface area contributed by atoms with E-state index in [0.717, 1.165) is 16.7 Å². The summed E-state index contributed by atoms with van der Waals surface area (Å²) >= 11 is 1.19. The first-order chi connectivity index (χ1) is 25.3. The summed E-state index contributed by atoms with van der Waals surface area (Å²) in [6.07, 6.45) is -0.536. The first-order valence-electron chi connectivity index (χ1n) is 16.7. The molecule has 1 aromatic heterocycles. The summed E-state index contributed by atoms with van der Waals surface area (Å²) in [6, 6.07) is 34.2. The number of methoxy groups -OCH3 is 2. The molecule has 3 N–H and O–H groups in total. The van der Waals surface area contributed by atoms with Crippen LogP contribution in [0.2, 0.25) is 0 Å². The van der Waals surface area contributed by atoms with Gasteiger partial charge in [-0.2, -0.15) is 4.98 Å². The summed E-state index contributed by atoms with van der Waals surface area (Å²) < 4.78 is 25.4. The van der Waals surface area contributed by atoms with Gasteiger partial charge in [-0.1, -0.05) is 109 Å². The molecule has 0 bridgehead atoms. The van der Waals surface area contributed by atoms with Crippen LogP contribution in [0, 0.1) is 11.8 Å². The first kappa shape index (κ1) is 36.4. The number of aliphatic hydroxyl groups excluding tert-OH is 1. The Morgan fingerprint density at radius 2 is 1.50 bits per heavy atom. The average Bonchev–Trinajstić information content (AvgIpc) is 3.56. The number of carbonyl (C=O) groups is 1. The smallest absolute Gasteiger partial charge is 0.351 e. The number of thioether (sulfide) groups is 1. The van der Waals surface area contributed by atoms with Gasteiger partial charge in [0, 0.05) is 30.4 Å². The Balaban J connectivity index is 1.22. The fraction of sp³-hybridized carbons (Fsp3) is 0.244. The highest BCUT2D eigenvalue weighted by atomic mass is 32.2. The topological polar surface area (TPSA) is 135 Å². The predicted octanol–water partition coefficient (Wildman–Crippen LogP) is 5.82. The van der Waals surface area contributed by atoms with Gasteiger partial charge in [0.25, 0.3) is 0 Å². The quantitative estimate of drug-likeness (QED) is 0.0925. The number of anilines is 1. The third-order valence-corrected chi connectivity index (χ3v) is 9.73. The summed E-state index contributed by atoms with van der Waals surface area (Å²) in [5.41, 5.74) is 7.83. The van der Waals surface area contributed by atoms with E-state index in [1.165, 1.54) is 22.5 Å². The van der Waals surface area contributed by atoms with E-state index in [4.69, 9.17) is 24.7 Å². The fourth-order valence-corrected chi connectivity index (χ4v) is 6.80. The lowest BCUT2D eigenvalue weighted by Crippen LogP contribution is -2.38. The van der Waals surface area contributed by atoms with Crippen LogP contribution in [0.1, 0.15) is 51.7 Å². The van der Waals surface area contributed by atoms with Crippen molar-refractivity contribution in [2.24, 2.45) is 0 Å². The van der Waals surface area contributed by atoms with Gasteiger partial charge in [-0.15, -0.1) is 0 Å². The number of benzene rings is 4. The van der Waals surface area contributed by atoms with E-state index in [-0.39, 0.29) is 24.0 Å². The normalized spacial score (nSPS) is 16.9. The standard InChI is InChI=1S/C41H39N3O7S/c1-48-33-20-16-31(17-21-33)41(30-14-7-4-8-15-30,32-18-22-34(49-2)23-19-32)50-27-36-35(45)25-37(51-36)44-26-29(38(42)43-40(44)47)13-9-10-24-52-39(46)28-11-5-3-6-12-28/h3-8,11-12,14-23,26,35-37,45H,10,24-25,27H2,1-2H3,(H2,42,43,47)/t35-,36+,37+/m0/s1. The van der Waals surface area contributed by atoms with E-state index in [2.05, 4.69) is 16.8 Å². The molecule has 1 aliphatic heterocycles. The molecule has 2 heterocycles. The van der Waals surface area contributed by atoms with Crippen LogP contribution in [0.3, 0.4) is 0 Å². The van der Waals surface area contributed by atoms with Crippen LogP contribution in [-0.4, -0.2) is 58.6 Å². The molecular formula is C41H39N3O7S. The molecule has 0 aliphatic carbocycles. The number of hydrogen-bond acceptors (Lipinski definition) is 10. The van der Waals surface area contributed by atoms with Gasteiger partial charge in [0.05, 0.1) is 32.5 Å². The number of rotatable bonds is 12. The Kier molecular flexibility index (Phi) is 11.7. The summed E-state index contributed by atoms with van der Waals surface area (Å²) in [6.45, 7) is -0.0200. The summed E-state index contributed by atoms with van der Waals surface area (Å²) in [5.74, 6) is 7.87. The summed E-state index contributed by atoms with van der Waals surface area (Å²) in [4.78, 5) is 29.4. The Labute approximate surface area is 306 Å². The number of nitrogens with zero attached hydrogens (tertiary/aromatic N) is 2. The third-order valence-electron chi connectivity index (χ3n) is 8.83. The molecule has 10 nitrogen and oxygen atoms in total. The van der Waals surface area contributed by atoms with E-state index < -0.39 is 29.7 Å². The van der Waals surface area contributed by atoms with Crippen molar-refractivity contribution < 1.29 is 28.8 Å². The van der Waals surface area contributed by atoms with Crippen molar-refractivity contribution in [3.63, 3.8) is 0 Å². The van der Waals surface area contributed by atoms with Crippen LogP contribution in [-0.2, 0) is 15.1 Å². The van der Waals surface area contributed by atoms with Gasteiger partial charge in [-0.05, 0) is 41.0 Å². The fourth-order valence-electron chi connectivity index (χ4n) is 6.11. The van der Waals surface area contributed by atoms with Crippen LogP contribution in [0.15, 0.2) is 120 Å². The minimum absolute atomic E-state index is 0.00757. The van der Waals surface area contributed by atoms with Gasteiger partial charge in [-0.25, -0.2) is 4.79 Å². The molecule has 266 valence electrons. The molecule has 1 fully saturated rings. The lowest BCUT2D eigenvalue weighted by atomic mass is 9.80. The zero-order valence-electron chi connectivity index (χ0n) is 28.8. The van der Waals surface area contributed by atoms with Crippen LogP contribution in [0.4, 0.5) is 5.82 Å². The maximum absolute atomic E-state index is 13.0. The zero-order valence-corrected chi connectivity index (χ0v) is 29.6. The number of nitrogen functional groups attached to an aromatic ring is 1. The van der Waals surface area contributed by atoms with Crippen molar-refractivity contribution >= 4 is 22.7 Å². The van der Waals surface area contributed by atoms with Crippen molar-refractivity contribution in [1.29, 1.82) is 0 Å². The molecule has 0 radical (unpaired) electrons. The molecule has 0 spiro atoms. The number of ether oxygens (including phenoxy) is 4. The zero-order chi connectivity index (χ0) is 36.5. The average molecular weight is 718 g/mol. The maximum atomic E-state index is 13.0. The Bertz CT molecular complexity index is 2030. The predicted molar refractivity (Wildman–Crippen MR) is 200 cm³/mol. The second kappa shape index (κ2) is 16.8. The molecule has 0 unspecified atom stereocenters. The molecule has 0 amide bonds. The van der Waals surface area contributed by atoms with E-state index in [0.29, 0.717) is 34.8 Å². The molecule has 1 aliphatic rings.